The molecule has 1 amide bonds. The molecule has 1 aliphatic rings. The second kappa shape index (κ2) is 20.1. The predicted octanol–water partition coefficient (Wildman–Crippen LogP) is 5.47. The minimum Gasteiger partial charge on any atom is -0.468 e. The second-order valence-corrected chi connectivity index (χ2v) is 7.71. The van der Waals surface area contributed by atoms with Crippen LogP contribution >= 0.6 is 0 Å². The Kier molecular flexibility index (Phi) is 18.4. The fourth-order valence-corrected chi connectivity index (χ4v) is 3.58. The highest BCUT2D eigenvalue weighted by molar-refractivity contribution is 5.76. The summed E-state index contributed by atoms with van der Waals surface area (Å²) in [7, 11) is 1.42. The Labute approximate surface area is 219 Å². The summed E-state index contributed by atoms with van der Waals surface area (Å²) in [4.78, 5) is 27.8. The summed E-state index contributed by atoms with van der Waals surface area (Å²) in [5.41, 5.74) is 3.36. The van der Waals surface area contributed by atoms with Crippen LogP contribution in [0.1, 0.15) is 52.7 Å². The molecule has 200 valence electrons. The molecule has 0 aromatic heterocycles. The average Bonchev–Trinajstić information content (AvgIpc) is 2.94. The zero-order chi connectivity index (χ0) is 27.3. The van der Waals surface area contributed by atoms with Gasteiger partial charge in [-0.25, -0.2) is 0 Å². The standard InChI is InChI=1S/C23H29N3O3.C3H6.2C2H6/c1-18(27)25-12-14-26(15-13-25)21-10-8-20(9-11-21)17-24-22(23(28)29-2)16-19-6-4-3-5-7-19;1-3-2;2*1-2/h3-11,22,24H,12-17H2,1-2H3;3H,1H2,2H3;2*1-2H3. The first-order valence-corrected chi connectivity index (χ1v) is 13.0. The van der Waals surface area contributed by atoms with Crippen molar-refractivity contribution in [3.05, 3.63) is 78.4 Å². The summed E-state index contributed by atoms with van der Waals surface area (Å²) in [5.74, 6) is -0.115. The van der Waals surface area contributed by atoms with Crippen LogP contribution in [0.5, 0.6) is 0 Å². The molecule has 6 nitrogen and oxygen atoms in total. The van der Waals surface area contributed by atoms with Crippen molar-refractivity contribution in [3.8, 4) is 0 Å². The molecule has 6 heteroatoms. The summed E-state index contributed by atoms with van der Waals surface area (Å²) in [6.07, 6.45) is 2.34. The summed E-state index contributed by atoms with van der Waals surface area (Å²) >= 11 is 0. The van der Waals surface area contributed by atoms with E-state index in [2.05, 4.69) is 41.1 Å². The fraction of sp³-hybridized carbons (Fsp3) is 0.467. The van der Waals surface area contributed by atoms with E-state index in [0.29, 0.717) is 13.0 Å². The van der Waals surface area contributed by atoms with Crippen LogP contribution in [0.3, 0.4) is 0 Å². The van der Waals surface area contributed by atoms with Gasteiger partial charge in [-0.1, -0.05) is 76.2 Å². The van der Waals surface area contributed by atoms with Crippen molar-refractivity contribution in [2.24, 2.45) is 0 Å². The van der Waals surface area contributed by atoms with Crippen LogP contribution in [0.2, 0.25) is 0 Å². The molecule has 0 bridgehead atoms. The number of piperazine rings is 1. The van der Waals surface area contributed by atoms with Gasteiger partial charge >= 0.3 is 5.97 Å². The molecule has 2 aromatic rings. The number of amides is 1. The third-order valence-electron chi connectivity index (χ3n) is 5.35. The van der Waals surface area contributed by atoms with Crippen molar-refractivity contribution in [3.63, 3.8) is 0 Å². The van der Waals surface area contributed by atoms with Gasteiger partial charge in [-0.2, -0.15) is 0 Å². The van der Waals surface area contributed by atoms with Crippen molar-refractivity contribution in [2.45, 2.75) is 60.5 Å². The van der Waals surface area contributed by atoms with E-state index in [0.717, 1.165) is 43.0 Å². The Balaban J connectivity index is 0.00000159. The molecule has 1 atom stereocenters. The summed E-state index contributed by atoms with van der Waals surface area (Å²) in [5, 5.41) is 3.32. The largest absolute Gasteiger partial charge is 0.468 e. The monoisotopic (exact) mass is 497 g/mol. The van der Waals surface area contributed by atoms with E-state index in [9.17, 15) is 9.59 Å². The molecule has 0 saturated carbocycles. The van der Waals surface area contributed by atoms with Crippen molar-refractivity contribution >= 4 is 17.6 Å². The molecule has 36 heavy (non-hydrogen) atoms. The Bertz CT molecular complexity index is 846. The Morgan fingerprint density at radius 2 is 1.47 bits per heavy atom. The number of carbonyl (C=O) groups is 2. The van der Waals surface area contributed by atoms with Gasteiger partial charge in [0, 0.05) is 45.3 Å². The summed E-state index contributed by atoms with van der Waals surface area (Å²) in [6.45, 7) is 18.7. The lowest BCUT2D eigenvalue weighted by Gasteiger charge is -2.35. The smallest absolute Gasteiger partial charge is 0.323 e. The first kappa shape index (κ1) is 32.9. The highest BCUT2D eigenvalue weighted by Crippen LogP contribution is 2.18. The molecule has 1 saturated heterocycles. The van der Waals surface area contributed by atoms with E-state index < -0.39 is 0 Å². The highest BCUT2D eigenvalue weighted by atomic mass is 16.5. The van der Waals surface area contributed by atoms with Crippen LogP contribution in [0, 0.1) is 0 Å². The molecule has 0 radical (unpaired) electrons. The zero-order valence-corrected chi connectivity index (χ0v) is 23.4. The normalized spacial score (nSPS) is 12.9. The molecule has 0 aliphatic carbocycles. The number of hydrogen-bond donors (Lipinski definition) is 1. The van der Waals surface area contributed by atoms with E-state index in [1.54, 1.807) is 13.0 Å². The van der Waals surface area contributed by atoms with Gasteiger partial charge in [-0.05, 0) is 36.6 Å². The van der Waals surface area contributed by atoms with E-state index in [1.165, 1.54) is 7.11 Å². The summed E-state index contributed by atoms with van der Waals surface area (Å²) in [6, 6.07) is 17.9. The second-order valence-electron chi connectivity index (χ2n) is 7.71. The number of nitrogens with zero attached hydrogens (tertiary/aromatic N) is 2. The number of methoxy groups -OCH3 is 1. The number of carbonyl (C=O) groups excluding carboxylic acids is 2. The lowest BCUT2D eigenvalue weighted by Crippen LogP contribution is -2.48. The lowest BCUT2D eigenvalue weighted by atomic mass is 10.1. The maximum atomic E-state index is 12.2. The maximum Gasteiger partial charge on any atom is 0.323 e. The van der Waals surface area contributed by atoms with E-state index >= 15 is 0 Å². The van der Waals surface area contributed by atoms with Crippen LogP contribution in [-0.2, 0) is 27.3 Å². The molecule has 2 aromatic carbocycles. The molecule has 1 N–H and O–H groups in total. The van der Waals surface area contributed by atoms with Crippen molar-refractivity contribution in [2.75, 3.05) is 38.2 Å². The molecule has 3 rings (SSSR count). The SMILES string of the molecule is C=CC.CC.CC.COC(=O)C(Cc1ccccc1)NCc1ccc(N2CCN(C(C)=O)CC2)cc1. The Morgan fingerprint density at radius 3 is 1.94 bits per heavy atom. The third-order valence-corrected chi connectivity index (χ3v) is 5.35. The Morgan fingerprint density at radius 1 is 0.944 bits per heavy atom. The van der Waals surface area contributed by atoms with Crippen LogP contribution in [0.15, 0.2) is 67.3 Å². The molecule has 0 spiro atoms. The van der Waals surface area contributed by atoms with E-state index in [-0.39, 0.29) is 17.9 Å². The minimum absolute atomic E-state index is 0.140. The van der Waals surface area contributed by atoms with Crippen molar-refractivity contribution < 1.29 is 14.3 Å². The average molecular weight is 498 g/mol. The molecular weight excluding hydrogens is 450 g/mol. The molecular formula is C30H47N3O3. The van der Waals surface area contributed by atoms with Crippen molar-refractivity contribution in [1.29, 1.82) is 0 Å². The van der Waals surface area contributed by atoms with Gasteiger partial charge in [0.1, 0.15) is 6.04 Å². The number of allylic oxidation sites excluding steroid dienone is 1. The number of nitrogens with one attached hydrogen (secondary N) is 1. The molecule has 1 unspecified atom stereocenters. The molecule has 1 heterocycles. The van der Waals surface area contributed by atoms with Gasteiger partial charge in [0.05, 0.1) is 7.11 Å². The molecule has 1 fully saturated rings. The third kappa shape index (κ3) is 12.0. The first-order chi connectivity index (χ1) is 17.5. The van der Waals surface area contributed by atoms with Gasteiger partial charge in [0.15, 0.2) is 0 Å². The van der Waals surface area contributed by atoms with Gasteiger partial charge in [0.25, 0.3) is 0 Å². The first-order valence-electron chi connectivity index (χ1n) is 13.0. The van der Waals surface area contributed by atoms with Crippen molar-refractivity contribution in [1.82, 2.24) is 10.2 Å². The predicted molar refractivity (Wildman–Crippen MR) is 152 cm³/mol. The van der Waals surface area contributed by atoms with Crippen LogP contribution in [0.25, 0.3) is 0 Å². The maximum absolute atomic E-state index is 12.2. The quantitative estimate of drug-likeness (QED) is 0.406. The number of rotatable bonds is 7. The number of ether oxygens (including phenoxy) is 1. The van der Waals surface area contributed by atoms with Crippen LogP contribution in [-0.4, -0.2) is 56.1 Å². The van der Waals surface area contributed by atoms with E-state index in [1.807, 2.05) is 69.9 Å². The van der Waals surface area contributed by atoms with Crippen LogP contribution < -0.4 is 10.2 Å². The lowest BCUT2D eigenvalue weighted by molar-refractivity contribution is -0.143. The Hall–Kier alpha value is -3.12. The van der Waals surface area contributed by atoms with Crippen LogP contribution in [0.4, 0.5) is 5.69 Å². The molecule has 1 aliphatic heterocycles. The number of anilines is 1. The number of benzene rings is 2. The van der Waals surface area contributed by atoms with Gasteiger partial charge in [0.2, 0.25) is 5.91 Å². The summed E-state index contributed by atoms with van der Waals surface area (Å²) < 4.78 is 4.96. The zero-order valence-electron chi connectivity index (χ0n) is 23.4. The number of hydrogen-bond acceptors (Lipinski definition) is 5. The van der Waals surface area contributed by atoms with Gasteiger partial charge in [-0.3, -0.25) is 9.59 Å². The minimum atomic E-state index is -0.387. The van der Waals surface area contributed by atoms with E-state index in [4.69, 9.17) is 4.74 Å². The van der Waals surface area contributed by atoms with Gasteiger partial charge < -0.3 is 19.9 Å². The van der Waals surface area contributed by atoms with Gasteiger partial charge in [-0.15, -0.1) is 6.58 Å². The topological polar surface area (TPSA) is 61.9 Å². The fourth-order valence-electron chi connectivity index (χ4n) is 3.58. The highest BCUT2D eigenvalue weighted by Gasteiger charge is 2.20. The number of esters is 1.